The van der Waals surface area contributed by atoms with E-state index in [0.717, 1.165) is 28.4 Å². The Hall–Kier alpha value is -1.31. The number of thiazole rings is 1. The van der Waals surface area contributed by atoms with Gasteiger partial charge in [0.1, 0.15) is 15.5 Å². The molecule has 0 spiro atoms. The fraction of sp³-hybridized carbons (Fsp3) is 0.643. The number of nitrogens with zero attached hydrogens (tertiary/aromatic N) is 3. The van der Waals surface area contributed by atoms with Crippen LogP contribution in [0.3, 0.4) is 0 Å². The van der Waals surface area contributed by atoms with Crippen LogP contribution >= 0.6 is 11.3 Å². The highest BCUT2D eigenvalue weighted by molar-refractivity contribution is 7.15. The van der Waals surface area contributed by atoms with Crippen molar-refractivity contribution in [3.63, 3.8) is 0 Å². The van der Waals surface area contributed by atoms with Gasteiger partial charge in [-0.25, -0.2) is 4.98 Å². The van der Waals surface area contributed by atoms with Crippen molar-refractivity contribution in [2.45, 2.75) is 52.7 Å². The van der Waals surface area contributed by atoms with Crippen molar-refractivity contribution in [3.8, 4) is 10.8 Å². The van der Waals surface area contributed by atoms with Gasteiger partial charge in [0.05, 0.1) is 5.69 Å². The minimum atomic E-state index is -0.480. The number of ether oxygens (including phenoxy) is 1. The maximum Gasteiger partial charge on any atom is 0.270 e. The lowest BCUT2D eigenvalue weighted by atomic mass is 9.96. The van der Waals surface area contributed by atoms with Crippen LogP contribution in [0.5, 0.6) is 0 Å². The summed E-state index contributed by atoms with van der Waals surface area (Å²) < 4.78 is 11.3. The molecule has 0 aromatic carbocycles. The van der Waals surface area contributed by atoms with Gasteiger partial charge in [-0.15, -0.1) is 11.3 Å². The molecule has 0 bridgehead atoms. The molecule has 0 aliphatic carbocycles. The summed E-state index contributed by atoms with van der Waals surface area (Å²) in [5, 5.41) is 5.00. The summed E-state index contributed by atoms with van der Waals surface area (Å²) in [7, 11) is 0. The molecule has 7 heteroatoms. The molecule has 0 atom stereocenters. The fourth-order valence-corrected chi connectivity index (χ4v) is 3.22. The second kappa shape index (κ2) is 6.64. The van der Waals surface area contributed by atoms with Gasteiger partial charge in [0.25, 0.3) is 5.89 Å². The van der Waals surface area contributed by atoms with Gasteiger partial charge in [0.15, 0.2) is 0 Å². The molecule has 0 unspecified atom stereocenters. The topological polar surface area (TPSA) is 87.1 Å². The second-order valence-electron chi connectivity index (χ2n) is 4.78. The van der Waals surface area contributed by atoms with Crippen molar-refractivity contribution in [1.29, 1.82) is 0 Å². The average molecular weight is 310 g/mol. The Morgan fingerprint density at radius 2 is 1.95 bits per heavy atom. The number of aryl methyl sites for hydroxylation is 1. The lowest BCUT2D eigenvalue weighted by Crippen LogP contribution is -2.29. The van der Waals surface area contributed by atoms with E-state index in [1.165, 1.54) is 11.3 Å². The maximum atomic E-state index is 5.90. The Labute approximate surface area is 128 Å². The Balaban J connectivity index is 2.38. The molecule has 2 rings (SSSR count). The smallest absolute Gasteiger partial charge is 0.270 e. The predicted molar refractivity (Wildman–Crippen MR) is 81.9 cm³/mol. The molecule has 0 saturated heterocycles. The fourth-order valence-electron chi connectivity index (χ4n) is 2.35. The summed E-state index contributed by atoms with van der Waals surface area (Å²) in [5.74, 6) is 1.09. The van der Waals surface area contributed by atoms with E-state index in [4.69, 9.17) is 15.0 Å². The van der Waals surface area contributed by atoms with Gasteiger partial charge in [-0.2, -0.15) is 4.98 Å². The molecule has 2 N–H and O–H groups in total. The van der Waals surface area contributed by atoms with E-state index < -0.39 is 5.60 Å². The van der Waals surface area contributed by atoms with Crippen molar-refractivity contribution in [2.75, 3.05) is 6.61 Å². The number of aromatic nitrogens is 3. The first-order valence-corrected chi connectivity index (χ1v) is 8.06. The Morgan fingerprint density at radius 1 is 1.24 bits per heavy atom. The third kappa shape index (κ3) is 3.00. The van der Waals surface area contributed by atoms with E-state index in [1.54, 1.807) is 0 Å². The largest absolute Gasteiger partial charge is 0.367 e. The van der Waals surface area contributed by atoms with Gasteiger partial charge in [-0.3, -0.25) is 0 Å². The van der Waals surface area contributed by atoms with Crippen LogP contribution in [0.2, 0.25) is 0 Å². The van der Waals surface area contributed by atoms with E-state index in [9.17, 15) is 0 Å². The molecular weight excluding hydrogens is 288 g/mol. The molecule has 0 radical (unpaired) electrons. The molecular formula is C14H22N4O2S. The first kappa shape index (κ1) is 16.1. The first-order valence-electron chi connectivity index (χ1n) is 7.25. The molecule has 0 aliphatic rings. The minimum Gasteiger partial charge on any atom is -0.367 e. The van der Waals surface area contributed by atoms with Crippen LogP contribution in [-0.2, 0) is 16.9 Å². The molecule has 6 nitrogen and oxygen atoms in total. The monoisotopic (exact) mass is 310 g/mol. The number of nitrogens with two attached hydrogens (primary N) is 1. The molecule has 2 aromatic rings. The van der Waals surface area contributed by atoms with Crippen LogP contribution in [0.15, 0.2) is 4.52 Å². The molecule has 21 heavy (non-hydrogen) atoms. The number of rotatable bonds is 7. The van der Waals surface area contributed by atoms with Crippen LogP contribution in [0.25, 0.3) is 10.8 Å². The molecule has 2 aromatic heterocycles. The second-order valence-corrected chi connectivity index (χ2v) is 5.87. The van der Waals surface area contributed by atoms with Gasteiger partial charge < -0.3 is 15.0 Å². The van der Waals surface area contributed by atoms with E-state index in [-0.39, 0.29) is 0 Å². The molecule has 2 heterocycles. The lowest BCUT2D eigenvalue weighted by molar-refractivity contribution is -0.0583. The number of hydrogen-bond donors (Lipinski definition) is 1. The summed E-state index contributed by atoms with van der Waals surface area (Å²) in [5.41, 5.74) is 6.01. The van der Waals surface area contributed by atoms with Crippen LogP contribution in [0.4, 0.5) is 0 Å². The standard InChI is InChI=1S/C14H22N4O2S/c1-5-14(6-2,19-7-3)13-17-12(20-18-13)11-9(4)16-10(8-15)21-11/h5-8,15H2,1-4H3. The third-order valence-electron chi connectivity index (χ3n) is 3.61. The van der Waals surface area contributed by atoms with Crippen molar-refractivity contribution in [3.05, 3.63) is 16.5 Å². The van der Waals surface area contributed by atoms with E-state index in [0.29, 0.717) is 24.9 Å². The summed E-state index contributed by atoms with van der Waals surface area (Å²) in [6.45, 7) is 9.06. The van der Waals surface area contributed by atoms with Crippen molar-refractivity contribution < 1.29 is 9.26 Å². The van der Waals surface area contributed by atoms with Gasteiger partial charge in [0.2, 0.25) is 5.82 Å². The van der Waals surface area contributed by atoms with Gasteiger partial charge in [-0.1, -0.05) is 19.0 Å². The minimum absolute atomic E-state index is 0.416. The average Bonchev–Trinajstić information content (AvgIpc) is 3.11. The third-order valence-corrected chi connectivity index (χ3v) is 4.77. The quantitative estimate of drug-likeness (QED) is 0.846. The zero-order valence-corrected chi connectivity index (χ0v) is 13.8. The first-order chi connectivity index (χ1) is 10.1. The van der Waals surface area contributed by atoms with Crippen molar-refractivity contribution >= 4 is 11.3 Å². The molecule has 116 valence electrons. The van der Waals surface area contributed by atoms with Crippen molar-refractivity contribution in [1.82, 2.24) is 15.1 Å². The Bertz CT molecular complexity index is 590. The maximum absolute atomic E-state index is 5.90. The summed E-state index contributed by atoms with van der Waals surface area (Å²) >= 11 is 1.49. The summed E-state index contributed by atoms with van der Waals surface area (Å²) in [4.78, 5) is 9.82. The molecule has 0 saturated carbocycles. The highest BCUT2D eigenvalue weighted by Gasteiger charge is 2.35. The van der Waals surface area contributed by atoms with E-state index >= 15 is 0 Å². The van der Waals surface area contributed by atoms with Crippen molar-refractivity contribution in [2.24, 2.45) is 5.73 Å². The predicted octanol–water partition coefficient (Wildman–Crippen LogP) is 3.01. The summed E-state index contributed by atoms with van der Waals surface area (Å²) in [6, 6.07) is 0. The highest BCUT2D eigenvalue weighted by Crippen LogP contribution is 2.34. The van der Waals surface area contributed by atoms with Crippen LogP contribution < -0.4 is 5.73 Å². The SMILES string of the molecule is CCOC(CC)(CC)c1noc(-c2sc(CN)nc2C)n1. The number of hydrogen-bond acceptors (Lipinski definition) is 7. The van der Waals surface area contributed by atoms with Gasteiger partial charge in [0, 0.05) is 13.2 Å². The normalized spacial score (nSPS) is 12.0. The van der Waals surface area contributed by atoms with E-state index in [1.807, 2.05) is 13.8 Å². The molecule has 0 aliphatic heterocycles. The van der Waals surface area contributed by atoms with Crippen LogP contribution in [0.1, 0.15) is 50.1 Å². The molecule has 0 amide bonds. The van der Waals surface area contributed by atoms with E-state index in [2.05, 4.69) is 29.0 Å². The van der Waals surface area contributed by atoms with Crippen LogP contribution in [0, 0.1) is 6.92 Å². The molecule has 0 fully saturated rings. The summed E-state index contributed by atoms with van der Waals surface area (Å²) in [6.07, 6.45) is 1.60. The Kier molecular flexibility index (Phi) is 5.08. The van der Waals surface area contributed by atoms with Gasteiger partial charge in [-0.05, 0) is 26.7 Å². The zero-order valence-electron chi connectivity index (χ0n) is 13.0. The lowest BCUT2D eigenvalue weighted by Gasteiger charge is -2.27. The Morgan fingerprint density at radius 3 is 2.48 bits per heavy atom. The van der Waals surface area contributed by atoms with Gasteiger partial charge >= 0.3 is 0 Å². The zero-order chi connectivity index (χ0) is 15.5. The van der Waals surface area contributed by atoms with Crippen LogP contribution in [-0.4, -0.2) is 21.7 Å². The highest BCUT2D eigenvalue weighted by atomic mass is 32.1.